The van der Waals surface area contributed by atoms with Crippen LogP contribution in [0.3, 0.4) is 0 Å². The van der Waals surface area contributed by atoms with Crippen LogP contribution < -0.4 is 15.4 Å². The van der Waals surface area contributed by atoms with Crippen LogP contribution in [-0.4, -0.2) is 34.5 Å². The molecule has 0 bridgehead atoms. The Balaban J connectivity index is 1.40. The Bertz CT molecular complexity index is 891. The molecule has 0 aliphatic heterocycles. The van der Waals surface area contributed by atoms with Crippen LogP contribution in [0.2, 0.25) is 0 Å². The van der Waals surface area contributed by atoms with E-state index in [0.717, 1.165) is 36.3 Å². The number of unbranched alkanes of at least 4 members (excludes halogenated alkanes) is 1. The first-order valence-electron chi connectivity index (χ1n) is 9.30. The van der Waals surface area contributed by atoms with Crippen LogP contribution in [0.25, 0.3) is 5.69 Å². The molecular weight excluding hydrogens is 354 g/mol. The van der Waals surface area contributed by atoms with Crippen molar-refractivity contribution in [3.8, 4) is 11.4 Å². The number of carbonyl (C=O) groups is 1. The number of hydrogen-bond acceptors (Lipinski definition) is 4. The summed E-state index contributed by atoms with van der Waals surface area (Å²) in [6.45, 7) is 2.52. The maximum absolute atomic E-state index is 12.1. The maximum atomic E-state index is 12.1. The molecule has 0 aliphatic carbocycles. The number of rotatable bonds is 8. The molecule has 2 N–H and O–H groups in total. The fourth-order valence-electron chi connectivity index (χ4n) is 2.81. The Labute approximate surface area is 164 Å². The van der Waals surface area contributed by atoms with E-state index in [4.69, 9.17) is 4.74 Å². The molecule has 3 aromatic rings. The van der Waals surface area contributed by atoms with E-state index in [1.165, 1.54) is 5.56 Å². The first kappa shape index (κ1) is 19.4. The standard InChI is InChI=1S/C21H25N5O2/c1-16-15-26(18-7-5-12-22-14-18)25-20(16)24-21(27)23-13-4-3-6-17-8-10-19(28-2)11-9-17/h5,7-12,14-15H,3-4,6,13H2,1-2H3,(H2,23,24,25,27). The largest absolute Gasteiger partial charge is 0.497 e. The van der Waals surface area contributed by atoms with Crippen molar-refractivity contribution in [2.24, 2.45) is 0 Å². The summed E-state index contributed by atoms with van der Waals surface area (Å²) in [5, 5.41) is 10.1. The number of amides is 2. The van der Waals surface area contributed by atoms with Crippen molar-refractivity contribution < 1.29 is 9.53 Å². The molecule has 0 fully saturated rings. The molecule has 2 amide bonds. The fraction of sp³-hybridized carbons (Fsp3) is 0.286. The van der Waals surface area contributed by atoms with Crippen molar-refractivity contribution in [3.05, 3.63) is 66.1 Å². The summed E-state index contributed by atoms with van der Waals surface area (Å²) < 4.78 is 6.86. The van der Waals surface area contributed by atoms with Gasteiger partial charge in [-0.3, -0.25) is 10.3 Å². The highest BCUT2D eigenvalue weighted by Crippen LogP contribution is 2.15. The van der Waals surface area contributed by atoms with Crippen molar-refractivity contribution in [2.45, 2.75) is 26.2 Å². The van der Waals surface area contributed by atoms with E-state index in [1.807, 2.05) is 37.4 Å². The number of urea groups is 1. The number of aromatic nitrogens is 3. The zero-order valence-corrected chi connectivity index (χ0v) is 16.2. The second-order valence-corrected chi connectivity index (χ2v) is 6.50. The van der Waals surface area contributed by atoms with Gasteiger partial charge in [0.25, 0.3) is 0 Å². The van der Waals surface area contributed by atoms with Gasteiger partial charge in [0, 0.05) is 24.5 Å². The fourth-order valence-corrected chi connectivity index (χ4v) is 2.81. The van der Waals surface area contributed by atoms with Crippen molar-refractivity contribution in [2.75, 3.05) is 19.0 Å². The minimum Gasteiger partial charge on any atom is -0.497 e. The number of aryl methyl sites for hydroxylation is 2. The molecule has 7 nitrogen and oxygen atoms in total. The quantitative estimate of drug-likeness (QED) is 0.585. The molecule has 0 unspecified atom stereocenters. The van der Waals surface area contributed by atoms with Gasteiger partial charge in [0.1, 0.15) is 5.75 Å². The highest BCUT2D eigenvalue weighted by atomic mass is 16.5. The molecule has 0 atom stereocenters. The molecule has 0 aliphatic rings. The van der Waals surface area contributed by atoms with Gasteiger partial charge in [-0.25, -0.2) is 9.48 Å². The van der Waals surface area contributed by atoms with Crippen molar-refractivity contribution >= 4 is 11.8 Å². The predicted octanol–water partition coefficient (Wildman–Crippen LogP) is 3.73. The lowest BCUT2D eigenvalue weighted by Crippen LogP contribution is -2.30. The number of nitrogens with zero attached hydrogens (tertiary/aromatic N) is 3. The maximum Gasteiger partial charge on any atom is 0.320 e. The van der Waals surface area contributed by atoms with Crippen molar-refractivity contribution in [1.29, 1.82) is 0 Å². The van der Waals surface area contributed by atoms with E-state index in [2.05, 4.69) is 32.8 Å². The summed E-state index contributed by atoms with van der Waals surface area (Å²) in [5.74, 6) is 1.41. The normalized spacial score (nSPS) is 10.5. The van der Waals surface area contributed by atoms with E-state index in [1.54, 1.807) is 24.2 Å². The molecule has 0 saturated carbocycles. The summed E-state index contributed by atoms with van der Waals surface area (Å²) in [7, 11) is 1.66. The van der Waals surface area contributed by atoms with Gasteiger partial charge in [-0.05, 0) is 56.0 Å². The van der Waals surface area contributed by atoms with Crippen LogP contribution in [0.5, 0.6) is 5.75 Å². The lowest BCUT2D eigenvalue weighted by molar-refractivity contribution is 0.252. The first-order chi connectivity index (χ1) is 13.7. The van der Waals surface area contributed by atoms with Crippen LogP contribution in [-0.2, 0) is 6.42 Å². The van der Waals surface area contributed by atoms with Gasteiger partial charge in [-0.1, -0.05) is 12.1 Å². The minimum absolute atomic E-state index is 0.246. The third-order valence-electron chi connectivity index (χ3n) is 4.38. The summed E-state index contributed by atoms with van der Waals surface area (Å²) in [6.07, 6.45) is 8.17. The Morgan fingerprint density at radius 2 is 2.00 bits per heavy atom. The Morgan fingerprint density at radius 1 is 1.18 bits per heavy atom. The molecule has 146 valence electrons. The molecule has 7 heteroatoms. The SMILES string of the molecule is COc1ccc(CCCCNC(=O)Nc2nn(-c3cccnc3)cc2C)cc1. The monoisotopic (exact) mass is 379 g/mol. The number of benzene rings is 1. The zero-order chi connectivity index (χ0) is 19.8. The van der Waals surface area contributed by atoms with Gasteiger partial charge < -0.3 is 10.1 Å². The van der Waals surface area contributed by atoms with Crippen LogP contribution in [0.1, 0.15) is 24.0 Å². The summed E-state index contributed by atoms with van der Waals surface area (Å²) in [4.78, 5) is 16.2. The zero-order valence-electron chi connectivity index (χ0n) is 16.2. The van der Waals surface area contributed by atoms with Crippen molar-refractivity contribution in [1.82, 2.24) is 20.1 Å². The van der Waals surface area contributed by atoms with Crippen LogP contribution in [0, 0.1) is 6.92 Å². The molecule has 28 heavy (non-hydrogen) atoms. The molecule has 0 spiro atoms. The minimum atomic E-state index is -0.246. The van der Waals surface area contributed by atoms with Crippen molar-refractivity contribution in [3.63, 3.8) is 0 Å². The molecule has 3 rings (SSSR count). The molecule has 1 aromatic carbocycles. The second kappa shape index (κ2) is 9.55. The second-order valence-electron chi connectivity index (χ2n) is 6.50. The lowest BCUT2D eigenvalue weighted by Gasteiger charge is -2.07. The third kappa shape index (κ3) is 5.33. The lowest BCUT2D eigenvalue weighted by atomic mass is 10.1. The Morgan fingerprint density at radius 3 is 2.71 bits per heavy atom. The van der Waals surface area contributed by atoms with Gasteiger partial charge in [0.15, 0.2) is 5.82 Å². The van der Waals surface area contributed by atoms with E-state index in [0.29, 0.717) is 12.4 Å². The summed E-state index contributed by atoms with van der Waals surface area (Å²) in [5.41, 5.74) is 3.00. The highest BCUT2D eigenvalue weighted by molar-refractivity contribution is 5.88. The molecule has 0 radical (unpaired) electrons. The van der Waals surface area contributed by atoms with Gasteiger partial charge in [-0.15, -0.1) is 5.10 Å². The Hall–Kier alpha value is -3.35. The van der Waals surface area contributed by atoms with E-state index < -0.39 is 0 Å². The number of nitrogens with one attached hydrogen (secondary N) is 2. The van der Waals surface area contributed by atoms with Crippen LogP contribution >= 0.6 is 0 Å². The molecule has 0 saturated heterocycles. The van der Waals surface area contributed by atoms with E-state index >= 15 is 0 Å². The average Bonchev–Trinajstić information content (AvgIpc) is 3.09. The Kier molecular flexibility index (Phi) is 6.62. The average molecular weight is 379 g/mol. The van der Waals surface area contributed by atoms with Crippen LogP contribution in [0.4, 0.5) is 10.6 Å². The number of ether oxygens (including phenoxy) is 1. The third-order valence-corrected chi connectivity index (χ3v) is 4.38. The topological polar surface area (TPSA) is 81.1 Å². The number of hydrogen-bond donors (Lipinski definition) is 2. The smallest absolute Gasteiger partial charge is 0.320 e. The molecular formula is C21H25N5O2. The van der Waals surface area contributed by atoms with E-state index in [9.17, 15) is 4.79 Å². The van der Waals surface area contributed by atoms with Gasteiger partial charge >= 0.3 is 6.03 Å². The number of methoxy groups -OCH3 is 1. The van der Waals surface area contributed by atoms with Crippen LogP contribution in [0.15, 0.2) is 55.0 Å². The number of pyridine rings is 1. The van der Waals surface area contributed by atoms with E-state index in [-0.39, 0.29) is 6.03 Å². The predicted molar refractivity (Wildman–Crippen MR) is 109 cm³/mol. The van der Waals surface area contributed by atoms with Gasteiger partial charge in [0.05, 0.1) is 19.0 Å². The van der Waals surface area contributed by atoms with Gasteiger partial charge in [-0.2, -0.15) is 0 Å². The van der Waals surface area contributed by atoms with Gasteiger partial charge in [0.2, 0.25) is 0 Å². The first-order valence-corrected chi connectivity index (χ1v) is 9.30. The number of anilines is 1. The summed E-state index contributed by atoms with van der Waals surface area (Å²) in [6, 6.07) is 11.6. The molecule has 2 aromatic heterocycles. The molecule has 2 heterocycles. The highest BCUT2D eigenvalue weighted by Gasteiger charge is 2.09. The number of carbonyl (C=O) groups excluding carboxylic acids is 1. The summed E-state index contributed by atoms with van der Waals surface area (Å²) >= 11 is 0.